The lowest BCUT2D eigenvalue weighted by Crippen LogP contribution is -2.50. The zero-order valence-electron chi connectivity index (χ0n) is 12.1. The van der Waals surface area contributed by atoms with Crippen molar-refractivity contribution in [1.82, 2.24) is 0 Å². The maximum Gasteiger partial charge on any atom is 0.343 e. The van der Waals surface area contributed by atoms with Gasteiger partial charge in [0.05, 0.1) is 0 Å². The Hall–Kier alpha value is 0.137. The SMILES string of the molecule is CCCC[Si](OCC)(OCCC)C(C)(C)C. The number of rotatable bonds is 8. The standard InChI is InChI=1S/C13H30O2Si/c1-7-10-12-16(14-9-3,13(4,5)6)15-11-8-2/h7-12H2,1-6H3. The highest BCUT2D eigenvalue weighted by Crippen LogP contribution is 2.41. The van der Waals surface area contributed by atoms with E-state index in [1.54, 1.807) is 0 Å². The van der Waals surface area contributed by atoms with Crippen LogP contribution in [0.25, 0.3) is 0 Å². The number of hydrogen-bond acceptors (Lipinski definition) is 2. The summed E-state index contributed by atoms with van der Waals surface area (Å²) in [5, 5.41) is 0.160. The molecular weight excluding hydrogens is 216 g/mol. The Bertz CT molecular complexity index is 167. The average Bonchev–Trinajstić information content (AvgIpc) is 2.20. The van der Waals surface area contributed by atoms with Gasteiger partial charge in [0, 0.05) is 18.3 Å². The van der Waals surface area contributed by atoms with Gasteiger partial charge in [-0.1, -0.05) is 47.5 Å². The molecule has 1 unspecified atom stereocenters. The lowest BCUT2D eigenvalue weighted by Gasteiger charge is -2.41. The van der Waals surface area contributed by atoms with Gasteiger partial charge in [0.15, 0.2) is 0 Å². The van der Waals surface area contributed by atoms with Crippen LogP contribution >= 0.6 is 0 Å². The van der Waals surface area contributed by atoms with E-state index in [0.717, 1.165) is 25.7 Å². The van der Waals surface area contributed by atoms with Crippen LogP contribution in [-0.2, 0) is 8.85 Å². The van der Waals surface area contributed by atoms with Gasteiger partial charge in [-0.3, -0.25) is 0 Å². The number of hydrogen-bond donors (Lipinski definition) is 0. The molecule has 16 heavy (non-hydrogen) atoms. The minimum Gasteiger partial charge on any atom is -0.394 e. The van der Waals surface area contributed by atoms with E-state index in [9.17, 15) is 0 Å². The van der Waals surface area contributed by atoms with Crippen molar-refractivity contribution in [3.8, 4) is 0 Å². The van der Waals surface area contributed by atoms with Crippen LogP contribution < -0.4 is 0 Å². The molecule has 98 valence electrons. The van der Waals surface area contributed by atoms with Gasteiger partial charge in [-0.2, -0.15) is 0 Å². The normalized spacial score (nSPS) is 16.1. The first-order chi connectivity index (χ1) is 7.43. The monoisotopic (exact) mass is 246 g/mol. The van der Waals surface area contributed by atoms with Gasteiger partial charge in [-0.05, 0) is 19.4 Å². The topological polar surface area (TPSA) is 18.5 Å². The fourth-order valence-electron chi connectivity index (χ4n) is 1.90. The molecule has 1 atom stereocenters. The van der Waals surface area contributed by atoms with Gasteiger partial charge >= 0.3 is 8.56 Å². The highest BCUT2D eigenvalue weighted by atomic mass is 28.4. The summed E-state index contributed by atoms with van der Waals surface area (Å²) >= 11 is 0. The van der Waals surface area contributed by atoms with Crippen molar-refractivity contribution in [1.29, 1.82) is 0 Å². The fraction of sp³-hybridized carbons (Fsp3) is 1.00. The zero-order valence-corrected chi connectivity index (χ0v) is 13.1. The van der Waals surface area contributed by atoms with E-state index in [4.69, 9.17) is 8.85 Å². The molecule has 3 heteroatoms. The Morgan fingerprint density at radius 1 is 0.938 bits per heavy atom. The molecule has 0 bridgehead atoms. The summed E-state index contributed by atoms with van der Waals surface area (Å²) in [5.74, 6) is 0. The van der Waals surface area contributed by atoms with Crippen molar-refractivity contribution in [2.75, 3.05) is 13.2 Å². The molecule has 0 aliphatic carbocycles. The summed E-state index contributed by atoms with van der Waals surface area (Å²) in [6.45, 7) is 14.9. The van der Waals surface area contributed by atoms with E-state index in [0.29, 0.717) is 0 Å². The lowest BCUT2D eigenvalue weighted by atomic mass is 10.2. The van der Waals surface area contributed by atoms with Crippen molar-refractivity contribution in [2.24, 2.45) is 0 Å². The van der Waals surface area contributed by atoms with Crippen molar-refractivity contribution in [2.45, 2.75) is 71.9 Å². The smallest absolute Gasteiger partial charge is 0.343 e. The molecule has 0 aromatic heterocycles. The van der Waals surface area contributed by atoms with Gasteiger partial charge in [0.25, 0.3) is 0 Å². The van der Waals surface area contributed by atoms with Crippen molar-refractivity contribution in [3.05, 3.63) is 0 Å². The first kappa shape index (κ1) is 16.1. The molecule has 0 rings (SSSR count). The van der Waals surface area contributed by atoms with Gasteiger partial charge in [0.2, 0.25) is 0 Å². The zero-order chi connectivity index (χ0) is 12.7. The Balaban J connectivity index is 4.74. The molecule has 0 fully saturated rings. The van der Waals surface area contributed by atoms with Crippen LogP contribution in [0.15, 0.2) is 0 Å². The van der Waals surface area contributed by atoms with Crippen LogP contribution in [0.3, 0.4) is 0 Å². The van der Waals surface area contributed by atoms with Crippen molar-refractivity contribution >= 4 is 8.56 Å². The summed E-state index contributed by atoms with van der Waals surface area (Å²) in [4.78, 5) is 0. The van der Waals surface area contributed by atoms with Gasteiger partial charge < -0.3 is 8.85 Å². The van der Waals surface area contributed by atoms with Crippen molar-refractivity contribution < 1.29 is 8.85 Å². The van der Waals surface area contributed by atoms with E-state index in [-0.39, 0.29) is 5.04 Å². The van der Waals surface area contributed by atoms with E-state index in [2.05, 4.69) is 41.5 Å². The van der Waals surface area contributed by atoms with Gasteiger partial charge in [-0.15, -0.1) is 0 Å². The first-order valence-corrected chi connectivity index (χ1v) is 8.73. The minimum absolute atomic E-state index is 0.160. The maximum atomic E-state index is 6.20. The van der Waals surface area contributed by atoms with E-state index in [1.165, 1.54) is 12.8 Å². The predicted molar refractivity (Wildman–Crippen MR) is 73.1 cm³/mol. The van der Waals surface area contributed by atoms with E-state index >= 15 is 0 Å². The second-order valence-corrected chi connectivity index (χ2v) is 9.47. The van der Waals surface area contributed by atoms with Crippen LogP contribution in [-0.4, -0.2) is 21.8 Å². The molecule has 0 radical (unpaired) electrons. The number of unbranched alkanes of at least 4 members (excludes halogenated alkanes) is 1. The third kappa shape index (κ3) is 4.56. The van der Waals surface area contributed by atoms with Gasteiger partial charge in [-0.25, -0.2) is 0 Å². The second kappa shape index (κ2) is 7.46. The summed E-state index contributed by atoms with van der Waals surface area (Å²) in [6, 6.07) is 1.13. The molecule has 0 spiro atoms. The molecule has 0 heterocycles. The van der Waals surface area contributed by atoms with E-state index in [1.807, 2.05) is 0 Å². The molecule has 0 aliphatic heterocycles. The molecule has 0 aromatic carbocycles. The summed E-state index contributed by atoms with van der Waals surface area (Å²) in [7, 11) is -2.04. The first-order valence-electron chi connectivity index (χ1n) is 6.71. The molecule has 0 saturated carbocycles. The average molecular weight is 246 g/mol. The fourth-order valence-corrected chi connectivity index (χ4v) is 5.71. The Morgan fingerprint density at radius 2 is 1.56 bits per heavy atom. The Kier molecular flexibility index (Phi) is 7.52. The van der Waals surface area contributed by atoms with Crippen LogP contribution in [0.1, 0.15) is 60.8 Å². The molecule has 2 nitrogen and oxygen atoms in total. The summed E-state index contributed by atoms with van der Waals surface area (Å²) < 4.78 is 12.3. The minimum atomic E-state index is -2.04. The highest BCUT2D eigenvalue weighted by Gasteiger charge is 2.48. The Morgan fingerprint density at radius 3 is 1.94 bits per heavy atom. The molecule has 0 N–H and O–H groups in total. The van der Waals surface area contributed by atoms with E-state index < -0.39 is 8.56 Å². The van der Waals surface area contributed by atoms with Gasteiger partial charge in [0.1, 0.15) is 0 Å². The predicted octanol–water partition coefficient (Wildman–Crippen LogP) is 4.49. The molecule has 0 amide bonds. The molecular formula is C13H30O2Si. The Labute approximate surface area is 103 Å². The summed E-state index contributed by atoms with van der Waals surface area (Å²) in [6.07, 6.45) is 3.50. The van der Waals surface area contributed by atoms with Crippen LogP contribution in [0.5, 0.6) is 0 Å². The third-order valence-electron chi connectivity index (χ3n) is 2.92. The summed E-state index contributed by atoms with van der Waals surface area (Å²) in [5.41, 5.74) is 0. The van der Waals surface area contributed by atoms with Crippen LogP contribution in [0, 0.1) is 0 Å². The third-order valence-corrected chi connectivity index (χ3v) is 7.64. The van der Waals surface area contributed by atoms with Crippen LogP contribution in [0.4, 0.5) is 0 Å². The van der Waals surface area contributed by atoms with Crippen molar-refractivity contribution in [3.63, 3.8) is 0 Å². The lowest BCUT2D eigenvalue weighted by molar-refractivity contribution is 0.152. The second-order valence-electron chi connectivity index (χ2n) is 5.39. The van der Waals surface area contributed by atoms with Crippen LogP contribution in [0.2, 0.25) is 11.1 Å². The molecule has 0 saturated heterocycles. The molecule has 0 aromatic rings. The maximum absolute atomic E-state index is 6.20. The largest absolute Gasteiger partial charge is 0.394 e. The quantitative estimate of drug-likeness (QED) is 0.587. The highest BCUT2D eigenvalue weighted by molar-refractivity contribution is 6.70. The molecule has 0 aliphatic rings.